The number of ether oxygens (including phenoxy) is 1. The summed E-state index contributed by atoms with van der Waals surface area (Å²) in [5.74, 6) is 1.39. The lowest BCUT2D eigenvalue weighted by Gasteiger charge is -2.45. The van der Waals surface area contributed by atoms with Gasteiger partial charge in [-0.15, -0.1) is 0 Å². The summed E-state index contributed by atoms with van der Waals surface area (Å²) in [5.41, 5.74) is 1.83. The van der Waals surface area contributed by atoms with E-state index in [1.165, 1.54) is 6.42 Å². The number of fused-ring (bicyclic) bond motifs is 3. The van der Waals surface area contributed by atoms with Gasteiger partial charge in [-0.1, -0.05) is 44.9 Å². The standard InChI is InChI=1S/C28H35N3O4/c1-5-34-24-12-7-6-10-20(24)16-31-26(32)23-15-25-22(13-14-35-25)30(23)17-28(31,4)27(33)29-21-11-8-9-18(2)19(21)3/h6-7,10,12-15,18-19,21H,5,8-9,11,16-17H2,1-4H3,(H,29,33)/t18-,19+,21-,28-/m1/s1. The van der Waals surface area contributed by atoms with Crippen LogP contribution in [0.25, 0.3) is 11.1 Å². The zero-order chi connectivity index (χ0) is 24.7. The fraction of sp³-hybridized carbons (Fsp3) is 0.500. The van der Waals surface area contributed by atoms with Gasteiger partial charge < -0.3 is 23.9 Å². The van der Waals surface area contributed by atoms with Crippen molar-refractivity contribution in [1.29, 1.82) is 0 Å². The van der Waals surface area contributed by atoms with Crippen LogP contribution in [0, 0.1) is 11.8 Å². The van der Waals surface area contributed by atoms with Crippen LogP contribution in [0.4, 0.5) is 0 Å². The molecule has 0 spiro atoms. The van der Waals surface area contributed by atoms with E-state index in [2.05, 4.69) is 19.2 Å². The zero-order valence-corrected chi connectivity index (χ0v) is 21.0. The number of hydrogen-bond acceptors (Lipinski definition) is 4. The topological polar surface area (TPSA) is 76.7 Å². The highest BCUT2D eigenvalue weighted by Crippen LogP contribution is 2.36. The predicted molar refractivity (Wildman–Crippen MR) is 134 cm³/mol. The van der Waals surface area contributed by atoms with Crippen LogP contribution in [0.15, 0.2) is 47.1 Å². The molecule has 3 aromatic rings. The second kappa shape index (κ2) is 9.10. The summed E-state index contributed by atoms with van der Waals surface area (Å²) in [6, 6.07) is 11.5. The highest BCUT2D eigenvalue weighted by molar-refractivity contribution is 6.03. The van der Waals surface area contributed by atoms with E-state index in [1.54, 1.807) is 17.2 Å². The Kier molecular flexibility index (Phi) is 6.11. The maximum Gasteiger partial charge on any atom is 0.271 e. The molecule has 2 aromatic heterocycles. The Morgan fingerprint density at radius 1 is 1.23 bits per heavy atom. The molecule has 2 amide bonds. The minimum atomic E-state index is -1.08. The maximum absolute atomic E-state index is 14.0. The van der Waals surface area contributed by atoms with E-state index in [9.17, 15) is 9.59 Å². The van der Waals surface area contributed by atoms with Crippen molar-refractivity contribution >= 4 is 22.9 Å². The second-order valence-corrected chi connectivity index (χ2v) is 10.3. The molecule has 7 heteroatoms. The minimum absolute atomic E-state index is 0.107. The van der Waals surface area contributed by atoms with Crippen molar-refractivity contribution in [2.45, 2.75) is 71.6 Å². The normalized spacial score (nSPS) is 26.6. The van der Waals surface area contributed by atoms with Gasteiger partial charge in [0.05, 0.1) is 31.5 Å². The summed E-state index contributed by atoms with van der Waals surface area (Å²) < 4.78 is 13.4. The predicted octanol–water partition coefficient (Wildman–Crippen LogP) is 4.99. The Labute approximate surface area is 206 Å². The van der Waals surface area contributed by atoms with E-state index in [4.69, 9.17) is 9.15 Å². The molecule has 2 aliphatic rings. The smallest absolute Gasteiger partial charge is 0.271 e. The molecule has 1 aliphatic carbocycles. The van der Waals surface area contributed by atoms with Crippen molar-refractivity contribution in [3.8, 4) is 5.75 Å². The molecule has 7 nitrogen and oxygen atoms in total. The monoisotopic (exact) mass is 477 g/mol. The van der Waals surface area contributed by atoms with E-state index in [1.807, 2.05) is 48.7 Å². The molecule has 0 unspecified atom stereocenters. The van der Waals surface area contributed by atoms with Crippen molar-refractivity contribution in [2.75, 3.05) is 6.61 Å². The van der Waals surface area contributed by atoms with E-state index < -0.39 is 5.54 Å². The Bertz CT molecular complexity index is 1240. The third-order valence-corrected chi connectivity index (χ3v) is 8.16. The molecule has 1 saturated carbocycles. The Hall–Kier alpha value is -3.22. The number of furan rings is 1. The summed E-state index contributed by atoms with van der Waals surface area (Å²) in [5, 5.41) is 3.35. The van der Waals surface area contributed by atoms with E-state index >= 15 is 0 Å². The van der Waals surface area contributed by atoms with Crippen LogP contribution in [-0.4, -0.2) is 39.5 Å². The van der Waals surface area contributed by atoms with Crippen molar-refractivity contribution in [1.82, 2.24) is 14.8 Å². The molecular weight excluding hydrogens is 442 g/mol. The second-order valence-electron chi connectivity index (χ2n) is 10.3. The van der Waals surface area contributed by atoms with Gasteiger partial charge in [0.25, 0.3) is 5.91 Å². The fourth-order valence-corrected chi connectivity index (χ4v) is 5.73. The van der Waals surface area contributed by atoms with Crippen LogP contribution in [0.2, 0.25) is 0 Å². The first-order valence-corrected chi connectivity index (χ1v) is 12.7. The average molecular weight is 478 g/mol. The number of carbonyl (C=O) groups excluding carboxylic acids is 2. The fourth-order valence-electron chi connectivity index (χ4n) is 5.73. The number of nitrogens with zero attached hydrogens (tertiary/aromatic N) is 2. The molecule has 1 aliphatic heterocycles. The highest BCUT2D eigenvalue weighted by Gasteiger charge is 2.49. The first kappa shape index (κ1) is 23.5. The number of amides is 2. The van der Waals surface area contributed by atoms with Crippen LogP contribution < -0.4 is 10.1 Å². The lowest BCUT2D eigenvalue weighted by molar-refractivity contribution is -0.134. The number of nitrogens with one attached hydrogen (secondary N) is 1. The molecule has 1 N–H and O–H groups in total. The van der Waals surface area contributed by atoms with Crippen LogP contribution in [0.1, 0.15) is 63.0 Å². The molecule has 0 radical (unpaired) electrons. The lowest BCUT2D eigenvalue weighted by Crippen LogP contribution is -2.65. The van der Waals surface area contributed by atoms with Crippen LogP contribution in [0.3, 0.4) is 0 Å². The zero-order valence-electron chi connectivity index (χ0n) is 21.0. The van der Waals surface area contributed by atoms with Crippen LogP contribution in [-0.2, 0) is 17.9 Å². The maximum atomic E-state index is 14.0. The van der Waals surface area contributed by atoms with Gasteiger partial charge in [0.1, 0.15) is 17.0 Å². The largest absolute Gasteiger partial charge is 0.494 e. The van der Waals surface area contributed by atoms with Crippen molar-refractivity contribution in [2.24, 2.45) is 11.8 Å². The van der Waals surface area contributed by atoms with Gasteiger partial charge >= 0.3 is 0 Å². The third kappa shape index (κ3) is 4.01. The SMILES string of the molecule is CCOc1ccccc1CN1C(=O)c2cc3occc3n2C[C@]1(C)C(=O)N[C@@H]1CCC[C@@H](C)[C@@H]1C. The molecule has 0 bridgehead atoms. The van der Waals surface area contributed by atoms with Crippen molar-refractivity contribution < 1.29 is 18.7 Å². The number of rotatable bonds is 6. The number of para-hydroxylation sites is 1. The number of carbonyl (C=O) groups is 2. The molecule has 186 valence electrons. The average Bonchev–Trinajstić information content (AvgIpc) is 3.43. The van der Waals surface area contributed by atoms with Crippen molar-refractivity contribution in [3.63, 3.8) is 0 Å². The van der Waals surface area contributed by atoms with Crippen LogP contribution in [0.5, 0.6) is 5.75 Å². The summed E-state index contributed by atoms with van der Waals surface area (Å²) >= 11 is 0. The molecule has 1 aromatic carbocycles. The molecule has 5 rings (SSSR count). The summed E-state index contributed by atoms with van der Waals surface area (Å²) in [4.78, 5) is 29.7. The summed E-state index contributed by atoms with van der Waals surface area (Å²) in [6.45, 7) is 9.47. The molecule has 4 atom stereocenters. The van der Waals surface area contributed by atoms with Gasteiger partial charge in [-0.3, -0.25) is 9.59 Å². The third-order valence-electron chi connectivity index (χ3n) is 8.16. The summed E-state index contributed by atoms with van der Waals surface area (Å²) in [6.07, 6.45) is 4.88. The van der Waals surface area contributed by atoms with E-state index in [0.29, 0.717) is 36.3 Å². The number of hydrogen-bond donors (Lipinski definition) is 1. The molecule has 3 heterocycles. The Morgan fingerprint density at radius 3 is 2.83 bits per heavy atom. The van der Waals surface area contributed by atoms with E-state index in [-0.39, 0.29) is 24.4 Å². The molecule has 35 heavy (non-hydrogen) atoms. The van der Waals surface area contributed by atoms with Gasteiger partial charge in [0.15, 0.2) is 5.58 Å². The van der Waals surface area contributed by atoms with Gasteiger partial charge in [0, 0.05) is 23.7 Å². The molecule has 1 fully saturated rings. The Balaban J connectivity index is 1.53. The number of aromatic nitrogens is 1. The Morgan fingerprint density at radius 2 is 2.03 bits per heavy atom. The van der Waals surface area contributed by atoms with Gasteiger partial charge in [0.2, 0.25) is 5.91 Å². The van der Waals surface area contributed by atoms with Crippen LogP contribution >= 0.6 is 0 Å². The minimum Gasteiger partial charge on any atom is -0.494 e. The van der Waals surface area contributed by atoms with Gasteiger partial charge in [-0.05, 0) is 38.2 Å². The number of benzene rings is 1. The lowest BCUT2D eigenvalue weighted by atomic mass is 9.77. The quantitative estimate of drug-likeness (QED) is 0.543. The molecule has 0 saturated heterocycles. The van der Waals surface area contributed by atoms with E-state index in [0.717, 1.165) is 29.7 Å². The highest BCUT2D eigenvalue weighted by atomic mass is 16.5. The molecular formula is C28H35N3O4. The first-order chi connectivity index (χ1) is 16.8. The van der Waals surface area contributed by atoms with Gasteiger partial charge in [-0.2, -0.15) is 0 Å². The van der Waals surface area contributed by atoms with Crippen molar-refractivity contribution in [3.05, 3.63) is 53.9 Å². The van der Waals surface area contributed by atoms with Gasteiger partial charge in [-0.25, -0.2) is 0 Å². The summed E-state index contributed by atoms with van der Waals surface area (Å²) in [7, 11) is 0. The first-order valence-electron chi connectivity index (χ1n) is 12.7.